The van der Waals surface area contributed by atoms with Crippen LogP contribution >= 0.6 is 11.3 Å². The lowest BCUT2D eigenvalue weighted by atomic mass is 10.0. The third-order valence-corrected chi connectivity index (χ3v) is 7.25. The zero-order chi connectivity index (χ0) is 22.7. The topological polar surface area (TPSA) is 94.6 Å². The summed E-state index contributed by atoms with van der Waals surface area (Å²) in [7, 11) is 1.71. The SMILES string of the molecule is CN[C@@H](C)C(=O)N[C@H]1CN(C(=O)CC(C)C)CC[C@H]2CC[C@@H](c3nc(C)cs3)N2C1=O. The van der Waals surface area contributed by atoms with Crippen molar-refractivity contribution in [3.63, 3.8) is 0 Å². The highest BCUT2D eigenvalue weighted by atomic mass is 32.1. The first-order valence-corrected chi connectivity index (χ1v) is 12.1. The second-order valence-corrected chi connectivity index (χ2v) is 10.0. The van der Waals surface area contributed by atoms with Gasteiger partial charge in [0, 0.05) is 36.6 Å². The molecule has 31 heavy (non-hydrogen) atoms. The average molecular weight is 450 g/mol. The van der Waals surface area contributed by atoms with Crippen LogP contribution in [0.15, 0.2) is 5.38 Å². The van der Waals surface area contributed by atoms with Crippen LogP contribution < -0.4 is 10.6 Å². The molecule has 3 rings (SSSR count). The Morgan fingerprint density at radius 2 is 2.00 bits per heavy atom. The molecular weight excluding hydrogens is 414 g/mol. The van der Waals surface area contributed by atoms with E-state index >= 15 is 0 Å². The van der Waals surface area contributed by atoms with E-state index in [0.29, 0.717) is 13.0 Å². The Morgan fingerprint density at radius 3 is 2.61 bits per heavy atom. The van der Waals surface area contributed by atoms with Crippen molar-refractivity contribution >= 4 is 29.1 Å². The summed E-state index contributed by atoms with van der Waals surface area (Å²) in [5, 5.41) is 8.79. The van der Waals surface area contributed by atoms with Gasteiger partial charge in [-0.05, 0) is 46.1 Å². The molecule has 0 saturated carbocycles. The predicted octanol–water partition coefficient (Wildman–Crippen LogP) is 1.85. The zero-order valence-corrected chi connectivity index (χ0v) is 20.0. The third-order valence-electron chi connectivity index (χ3n) is 6.19. The van der Waals surface area contributed by atoms with Gasteiger partial charge in [0.1, 0.15) is 11.0 Å². The summed E-state index contributed by atoms with van der Waals surface area (Å²) in [6.45, 7) is 8.55. The lowest BCUT2D eigenvalue weighted by Gasteiger charge is -2.39. The van der Waals surface area contributed by atoms with Crippen LogP contribution in [0.4, 0.5) is 0 Å². The summed E-state index contributed by atoms with van der Waals surface area (Å²) in [5.74, 6) is -0.0668. The molecule has 3 heterocycles. The smallest absolute Gasteiger partial charge is 0.247 e. The van der Waals surface area contributed by atoms with Crippen LogP contribution in [0.3, 0.4) is 0 Å². The number of aryl methyl sites for hydroxylation is 1. The molecule has 4 atom stereocenters. The number of carbonyl (C=O) groups excluding carboxylic acids is 3. The Balaban J connectivity index is 1.87. The molecule has 8 nitrogen and oxygen atoms in total. The number of hydrogen-bond donors (Lipinski definition) is 2. The van der Waals surface area contributed by atoms with Crippen LogP contribution in [-0.4, -0.2) is 70.8 Å². The lowest BCUT2D eigenvalue weighted by molar-refractivity contribution is -0.144. The fourth-order valence-electron chi connectivity index (χ4n) is 4.38. The normalized spacial score (nSPS) is 25.2. The van der Waals surface area contributed by atoms with E-state index in [2.05, 4.69) is 15.6 Å². The summed E-state index contributed by atoms with van der Waals surface area (Å²) >= 11 is 1.59. The van der Waals surface area contributed by atoms with Crippen molar-refractivity contribution in [3.8, 4) is 0 Å². The average Bonchev–Trinajstić information content (AvgIpc) is 3.32. The van der Waals surface area contributed by atoms with Crippen molar-refractivity contribution in [2.45, 2.75) is 77.5 Å². The van der Waals surface area contributed by atoms with Crippen molar-refractivity contribution in [2.75, 3.05) is 20.1 Å². The molecule has 2 aliphatic rings. The van der Waals surface area contributed by atoms with Crippen LogP contribution in [0, 0.1) is 12.8 Å². The maximum absolute atomic E-state index is 13.7. The first-order valence-electron chi connectivity index (χ1n) is 11.2. The summed E-state index contributed by atoms with van der Waals surface area (Å²) in [4.78, 5) is 47.6. The predicted molar refractivity (Wildman–Crippen MR) is 121 cm³/mol. The highest BCUT2D eigenvalue weighted by Gasteiger charge is 2.44. The van der Waals surface area contributed by atoms with Crippen molar-refractivity contribution in [2.24, 2.45) is 5.92 Å². The molecule has 1 aromatic heterocycles. The number of rotatable bonds is 6. The molecule has 0 spiro atoms. The monoisotopic (exact) mass is 449 g/mol. The summed E-state index contributed by atoms with van der Waals surface area (Å²) in [6, 6.07) is -1.19. The Hall–Kier alpha value is -2.00. The van der Waals surface area contributed by atoms with E-state index < -0.39 is 12.1 Å². The number of thiazole rings is 1. The van der Waals surface area contributed by atoms with Crippen LogP contribution in [0.2, 0.25) is 0 Å². The maximum atomic E-state index is 13.7. The molecule has 0 radical (unpaired) electrons. The van der Waals surface area contributed by atoms with E-state index in [1.54, 1.807) is 30.2 Å². The fourth-order valence-corrected chi connectivity index (χ4v) is 5.31. The zero-order valence-electron chi connectivity index (χ0n) is 19.2. The van der Waals surface area contributed by atoms with Crippen LogP contribution in [0.25, 0.3) is 0 Å². The Labute approximate surface area is 188 Å². The van der Waals surface area contributed by atoms with E-state index in [-0.39, 0.29) is 42.3 Å². The maximum Gasteiger partial charge on any atom is 0.247 e. The molecule has 9 heteroatoms. The van der Waals surface area contributed by atoms with Gasteiger partial charge >= 0.3 is 0 Å². The molecule has 2 N–H and O–H groups in total. The fraction of sp³-hybridized carbons (Fsp3) is 0.727. The minimum Gasteiger partial charge on any atom is -0.341 e. The van der Waals surface area contributed by atoms with Crippen molar-refractivity contribution in [1.82, 2.24) is 25.4 Å². The van der Waals surface area contributed by atoms with Gasteiger partial charge in [-0.15, -0.1) is 11.3 Å². The standard InChI is InChI=1S/C22H35N5O3S/c1-13(2)10-19(28)26-9-8-16-6-7-18(21-24-14(3)12-31-21)27(16)22(30)17(11-26)25-20(29)15(4)23-5/h12-13,15-18,23H,6-11H2,1-5H3,(H,25,29)/t15-,16+,17-,18-/m0/s1. The van der Waals surface area contributed by atoms with Gasteiger partial charge in [-0.1, -0.05) is 13.8 Å². The number of amides is 3. The van der Waals surface area contributed by atoms with Gasteiger partial charge < -0.3 is 20.4 Å². The number of aromatic nitrogens is 1. The lowest BCUT2D eigenvalue weighted by Crippen LogP contribution is -2.60. The van der Waals surface area contributed by atoms with Gasteiger partial charge in [-0.2, -0.15) is 0 Å². The first-order chi connectivity index (χ1) is 14.7. The quantitative estimate of drug-likeness (QED) is 0.691. The summed E-state index contributed by atoms with van der Waals surface area (Å²) < 4.78 is 0. The molecular formula is C22H35N5O3S. The van der Waals surface area contributed by atoms with E-state index in [4.69, 9.17) is 0 Å². The Bertz CT molecular complexity index is 811. The molecule has 0 aromatic carbocycles. The van der Waals surface area contributed by atoms with E-state index in [0.717, 1.165) is 30.0 Å². The Kier molecular flexibility index (Phi) is 7.69. The van der Waals surface area contributed by atoms with Gasteiger partial charge in [0.25, 0.3) is 0 Å². The number of likely N-dealkylation sites (N-methyl/N-ethyl adjacent to an activating group) is 1. The number of hydrogen-bond acceptors (Lipinski definition) is 6. The minimum atomic E-state index is -0.760. The van der Waals surface area contributed by atoms with E-state index in [1.807, 2.05) is 31.1 Å². The van der Waals surface area contributed by atoms with Crippen LogP contribution in [0.5, 0.6) is 0 Å². The molecule has 2 saturated heterocycles. The number of nitrogens with zero attached hydrogens (tertiary/aromatic N) is 3. The van der Waals surface area contributed by atoms with Gasteiger partial charge in [0.2, 0.25) is 17.7 Å². The molecule has 2 aliphatic heterocycles. The van der Waals surface area contributed by atoms with Crippen molar-refractivity contribution in [1.29, 1.82) is 0 Å². The van der Waals surface area contributed by atoms with E-state index in [9.17, 15) is 14.4 Å². The van der Waals surface area contributed by atoms with Crippen molar-refractivity contribution in [3.05, 3.63) is 16.1 Å². The highest BCUT2D eigenvalue weighted by Crippen LogP contribution is 2.40. The Morgan fingerprint density at radius 1 is 1.26 bits per heavy atom. The van der Waals surface area contributed by atoms with Crippen LogP contribution in [0.1, 0.15) is 63.2 Å². The van der Waals surface area contributed by atoms with Gasteiger partial charge in [0.15, 0.2) is 0 Å². The van der Waals surface area contributed by atoms with Crippen molar-refractivity contribution < 1.29 is 14.4 Å². The molecule has 3 amide bonds. The highest BCUT2D eigenvalue weighted by molar-refractivity contribution is 7.09. The number of nitrogens with one attached hydrogen (secondary N) is 2. The van der Waals surface area contributed by atoms with Gasteiger partial charge in [0.05, 0.1) is 12.1 Å². The first kappa shape index (κ1) is 23.7. The molecule has 1 aromatic rings. The van der Waals surface area contributed by atoms with Gasteiger partial charge in [-0.3, -0.25) is 14.4 Å². The summed E-state index contributed by atoms with van der Waals surface area (Å²) in [6.07, 6.45) is 2.94. The largest absolute Gasteiger partial charge is 0.341 e. The second kappa shape index (κ2) is 10.1. The molecule has 172 valence electrons. The molecule has 0 unspecified atom stereocenters. The van der Waals surface area contributed by atoms with Crippen LogP contribution in [-0.2, 0) is 14.4 Å². The third kappa shape index (κ3) is 5.44. The molecule has 2 fully saturated rings. The summed E-state index contributed by atoms with van der Waals surface area (Å²) in [5.41, 5.74) is 0.959. The number of fused-ring (bicyclic) bond motifs is 1. The molecule has 0 aliphatic carbocycles. The minimum absolute atomic E-state index is 0.0438. The van der Waals surface area contributed by atoms with Gasteiger partial charge in [-0.25, -0.2) is 4.98 Å². The number of carbonyl (C=O) groups is 3. The van der Waals surface area contributed by atoms with E-state index in [1.165, 1.54) is 0 Å². The molecule has 0 bridgehead atoms. The second-order valence-electron chi connectivity index (χ2n) is 9.12.